The Morgan fingerprint density at radius 1 is 1.21 bits per heavy atom. The summed E-state index contributed by atoms with van der Waals surface area (Å²) < 4.78 is 83.0. The lowest BCUT2D eigenvalue weighted by atomic mass is 9.96. The molecule has 2 aliphatic heterocycles. The number of halogens is 5. The van der Waals surface area contributed by atoms with Gasteiger partial charge in [-0.05, 0) is 44.2 Å². The SMILES string of the molecule is C=C(F)C(=O)N1CCN(c2nc(OC[C@@H]3C[C@@H](F)CN3C)nc3cc(-c4nc(N)cc(C)c4C(F)(F)F)c4ccoc4c23)C[C@@H]1CC#N. The number of likely N-dealkylation sites (N-methyl/N-ethyl adjacent to an activating group) is 1. The molecule has 1 amide bonds. The molecule has 6 rings (SSSR count). The zero-order chi connectivity index (χ0) is 34.5. The summed E-state index contributed by atoms with van der Waals surface area (Å²) in [7, 11) is 1.77. The number of amides is 1. The molecule has 5 heterocycles. The zero-order valence-corrected chi connectivity index (χ0v) is 26.0. The highest BCUT2D eigenvalue weighted by Gasteiger charge is 2.38. The van der Waals surface area contributed by atoms with Gasteiger partial charge >= 0.3 is 12.2 Å². The first-order valence-corrected chi connectivity index (χ1v) is 15.1. The Balaban J connectivity index is 1.53. The molecule has 2 aliphatic rings. The summed E-state index contributed by atoms with van der Waals surface area (Å²) in [6.07, 6.45) is -4.36. The van der Waals surface area contributed by atoms with E-state index in [4.69, 9.17) is 14.9 Å². The first kappa shape index (κ1) is 32.9. The first-order chi connectivity index (χ1) is 22.8. The van der Waals surface area contributed by atoms with E-state index in [9.17, 15) is 32.0 Å². The van der Waals surface area contributed by atoms with E-state index in [1.165, 1.54) is 30.2 Å². The maximum atomic E-state index is 14.4. The fraction of sp³-hybridized carbons (Fsp3) is 0.406. The van der Waals surface area contributed by atoms with Crippen molar-refractivity contribution in [2.24, 2.45) is 0 Å². The smallest absolute Gasteiger partial charge is 0.418 e. The number of pyridine rings is 1. The van der Waals surface area contributed by atoms with E-state index in [0.717, 1.165) is 6.07 Å². The molecule has 48 heavy (non-hydrogen) atoms. The lowest BCUT2D eigenvalue weighted by Gasteiger charge is -2.41. The summed E-state index contributed by atoms with van der Waals surface area (Å²) in [4.78, 5) is 30.7. The van der Waals surface area contributed by atoms with Crippen molar-refractivity contribution in [1.29, 1.82) is 5.26 Å². The third-order valence-electron chi connectivity index (χ3n) is 8.78. The van der Waals surface area contributed by atoms with Gasteiger partial charge in [0.2, 0.25) is 0 Å². The van der Waals surface area contributed by atoms with E-state index in [-0.39, 0.29) is 96.9 Å². The number of aromatic nitrogens is 3. The highest BCUT2D eigenvalue weighted by atomic mass is 19.4. The lowest BCUT2D eigenvalue weighted by Crippen LogP contribution is -2.55. The van der Waals surface area contributed by atoms with Gasteiger partial charge in [-0.3, -0.25) is 9.69 Å². The van der Waals surface area contributed by atoms with Crippen molar-refractivity contribution in [3.8, 4) is 23.3 Å². The number of aryl methyl sites for hydroxylation is 1. The number of nitrogens with zero attached hydrogens (tertiary/aromatic N) is 7. The van der Waals surface area contributed by atoms with Gasteiger partial charge in [-0.2, -0.15) is 28.4 Å². The number of nitrogen functional groups attached to an aromatic ring is 1. The van der Waals surface area contributed by atoms with Crippen LogP contribution in [0, 0.1) is 18.3 Å². The molecule has 2 saturated heterocycles. The Morgan fingerprint density at radius 3 is 2.65 bits per heavy atom. The van der Waals surface area contributed by atoms with Gasteiger partial charge in [0.25, 0.3) is 5.91 Å². The Kier molecular flexibility index (Phi) is 8.58. The molecule has 2 N–H and O–H groups in total. The second kappa shape index (κ2) is 12.5. The molecule has 1 aromatic carbocycles. The van der Waals surface area contributed by atoms with Crippen LogP contribution in [0.4, 0.5) is 33.6 Å². The molecule has 252 valence electrons. The quantitative estimate of drug-likeness (QED) is 0.207. The number of anilines is 2. The molecule has 4 aromatic rings. The molecule has 0 unspecified atom stereocenters. The first-order valence-electron chi connectivity index (χ1n) is 15.1. The Labute approximate surface area is 271 Å². The predicted molar refractivity (Wildman–Crippen MR) is 166 cm³/mol. The Hall–Kier alpha value is -5.04. The average molecular weight is 671 g/mol. The number of hydrogen-bond acceptors (Lipinski definition) is 10. The largest absolute Gasteiger partial charge is 0.463 e. The van der Waals surface area contributed by atoms with Crippen LogP contribution < -0.4 is 15.4 Å². The van der Waals surface area contributed by atoms with Crippen LogP contribution in [0.5, 0.6) is 6.01 Å². The van der Waals surface area contributed by atoms with Crippen molar-refractivity contribution >= 4 is 39.4 Å². The van der Waals surface area contributed by atoms with Crippen molar-refractivity contribution in [3.63, 3.8) is 0 Å². The van der Waals surface area contributed by atoms with Gasteiger partial charge in [-0.15, -0.1) is 0 Å². The number of ether oxygens (including phenoxy) is 1. The van der Waals surface area contributed by atoms with Crippen LogP contribution >= 0.6 is 0 Å². The van der Waals surface area contributed by atoms with Crippen molar-refractivity contribution in [3.05, 3.63) is 48.0 Å². The highest BCUT2D eigenvalue weighted by Crippen LogP contribution is 2.44. The summed E-state index contributed by atoms with van der Waals surface area (Å²) in [6, 6.07) is 4.96. The molecule has 3 aromatic heterocycles. The molecular weight excluding hydrogens is 639 g/mol. The number of likely N-dealkylation sites (tertiary alicyclic amines) is 1. The molecule has 0 bridgehead atoms. The molecule has 0 aliphatic carbocycles. The number of furan rings is 1. The zero-order valence-electron chi connectivity index (χ0n) is 26.0. The monoisotopic (exact) mass is 670 g/mol. The highest BCUT2D eigenvalue weighted by molar-refractivity contribution is 6.14. The second-order valence-electron chi connectivity index (χ2n) is 12.0. The van der Waals surface area contributed by atoms with Crippen molar-refractivity contribution in [2.75, 3.05) is 50.5 Å². The minimum Gasteiger partial charge on any atom is -0.463 e. The molecule has 16 heteroatoms. The molecule has 0 radical (unpaired) electrons. The topological polar surface area (TPSA) is 138 Å². The summed E-state index contributed by atoms with van der Waals surface area (Å²) in [6.45, 7) is 4.86. The number of piperazine rings is 1. The number of fused-ring (bicyclic) bond motifs is 3. The molecule has 0 saturated carbocycles. The Morgan fingerprint density at radius 2 is 1.98 bits per heavy atom. The van der Waals surface area contributed by atoms with Gasteiger partial charge in [0.15, 0.2) is 5.83 Å². The van der Waals surface area contributed by atoms with Crippen molar-refractivity contribution in [2.45, 2.75) is 44.2 Å². The number of nitrogens with two attached hydrogens (primary N) is 1. The number of carbonyl (C=O) groups is 1. The van der Waals surface area contributed by atoms with Crippen LogP contribution in [0.1, 0.15) is 24.0 Å². The molecule has 11 nitrogen and oxygen atoms in total. The minimum absolute atomic E-state index is 0.0153. The van der Waals surface area contributed by atoms with Crippen LogP contribution in [-0.4, -0.2) is 88.7 Å². The third-order valence-corrected chi connectivity index (χ3v) is 8.78. The fourth-order valence-electron chi connectivity index (χ4n) is 6.56. The van der Waals surface area contributed by atoms with Gasteiger partial charge in [0.05, 0.1) is 47.0 Å². The summed E-state index contributed by atoms with van der Waals surface area (Å²) in [5.74, 6) is -1.94. The van der Waals surface area contributed by atoms with E-state index < -0.39 is 41.4 Å². The van der Waals surface area contributed by atoms with E-state index in [1.807, 2.05) is 11.0 Å². The molecule has 2 fully saturated rings. The van der Waals surface area contributed by atoms with Crippen LogP contribution in [0.25, 0.3) is 33.1 Å². The van der Waals surface area contributed by atoms with Crippen LogP contribution in [0.2, 0.25) is 0 Å². The predicted octanol–water partition coefficient (Wildman–Crippen LogP) is 5.18. The number of carbonyl (C=O) groups excluding carboxylic acids is 1. The van der Waals surface area contributed by atoms with Crippen LogP contribution in [0.3, 0.4) is 0 Å². The van der Waals surface area contributed by atoms with Gasteiger partial charge in [-0.1, -0.05) is 6.58 Å². The number of alkyl halides is 4. The molecule has 3 atom stereocenters. The van der Waals surface area contributed by atoms with E-state index in [0.29, 0.717) is 5.39 Å². The van der Waals surface area contributed by atoms with E-state index in [2.05, 4.69) is 21.5 Å². The van der Waals surface area contributed by atoms with E-state index >= 15 is 0 Å². The Bertz CT molecular complexity index is 1960. The summed E-state index contributed by atoms with van der Waals surface area (Å²) in [5.41, 5.74) is 4.79. The van der Waals surface area contributed by atoms with Gasteiger partial charge in [-0.25, -0.2) is 13.8 Å². The maximum absolute atomic E-state index is 14.4. The van der Waals surface area contributed by atoms with Crippen LogP contribution in [0.15, 0.2) is 41.3 Å². The number of benzene rings is 1. The van der Waals surface area contributed by atoms with Crippen molar-refractivity contribution in [1.82, 2.24) is 24.8 Å². The third kappa shape index (κ3) is 6.05. The summed E-state index contributed by atoms with van der Waals surface area (Å²) >= 11 is 0. The van der Waals surface area contributed by atoms with Crippen molar-refractivity contribution < 1.29 is 35.9 Å². The van der Waals surface area contributed by atoms with Gasteiger partial charge in [0, 0.05) is 43.2 Å². The minimum atomic E-state index is -4.77. The normalized spacial score (nSPS) is 20.4. The van der Waals surface area contributed by atoms with Crippen LogP contribution in [-0.2, 0) is 11.0 Å². The van der Waals surface area contributed by atoms with Gasteiger partial charge in [0.1, 0.15) is 30.0 Å². The fourth-order valence-corrected chi connectivity index (χ4v) is 6.56. The molecule has 0 spiro atoms. The number of rotatable bonds is 7. The lowest BCUT2D eigenvalue weighted by molar-refractivity contribution is -0.137. The second-order valence-corrected chi connectivity index (χ2v) is 12.0. The molecular formula is C32H31F5N8O3. The standard InChI is InChI=1S/C32H31F5N8O3/c1-16-10-24(39)41-27(26(16)32(35,36)37)22-12-23-25(28-21(22)5-9-47-28)29(42-31(40-23)48-15-20-11-18(34)13-43(20)3)44-7-8-45(30(46)17(2)33)19(14-44)4-6-38/h5,9-10,12,18-20H,2,4,7-8,11,13-15H2,1,3H3,(H2,39,41)/t18-,19+,20+/m1/s1. The maximum Gasteiger partial charge on any atom is 0.418 e. The number of nitriles is 1. The van der Waals surface area contributed by atoms with E-state index in [1.54, 1.807) is 11.9 Å². The average Bonchev–Trinajstić information content (AvgIpc) is 3.63. The van der Waals surface area contributed by atoms with Gasteiger partial charge < -0.3 is 24.7 Å². The summed E-state index contributed by atoms with van der Waals surface area (Å²) in [5, 5.41) is 10.1. The number of hydrogen-bond donors (Lipinski definition) is 1.